The Hall–Kier alpha value is -5.89. The maximum absolute atomic E-state index is 12.6. The van der Waals surface area contributed by atoms with E-state index in [4.69, 9.17) is 14.5 Å². The fourth-order valence-corrected chi connectivity index (χ4v) is 7.82. The molecule has 0 saturated carbocycles. The number of carboxylic acids is 1. The third-order valence-corrected chi connectivity index (χ3v) is 11.0. The summed E-state index contributed by atoms with van der Waals surface area (Å²) in [6, 6.07) is 26.6. The van der Waals surface area contributed by atoms with Gasteiger partial charge in [-0.05, 0) is 99.0 Å². The summed E-state index contributed by atoms with van der Waals surface area (Å²) in [6.07, 6.45) is 5.62. The number of aromatic nitrogens is 5. The molecular formula is C45H52N8O5. The lowest BCUT2D eigenvalue weighted by atomic mass is 9.89. The highest BCUT2D eigenvalue weighted by molar-refractivity contribution is 5.95. The summed E-state index contributed by atoms with van der Waals surface area (Å²) in [6.45, 7) is 10.2. The van der Waals surface area contributed by atoms with Crippen molar-refractivity contribution < 1.29 is 24.2 Å². The van der Waals surface area contributed by atoms with Gasteiger partial charge in [0.25, 0.3) is 0 Å². The number of hydrazine groups is 1. The van der Waals surface area contributed by atoms with Crippen LogP contribution in [0.1, 0.15) is 80.8 Å². The van der Waals surface area contributed by atoms with Crippen LogP contribution in [-0.4, -0.2) is 61.4 Å². The van der Waals surface area contributed by atoms with Crippen LogP contribution in [-0.2, 0) is 45.8 Å². The first kappa shape index (κ1) is 40.3. The highest BCUT2D eigenvalue weighted by Crippen LogP contribution is 2.41. The number of hydrogen-bond acceptors (Lipinski definition) is 9. The average Bonchev–Trinajstić information content (AvgIpc) is 3.87. The van der Waals surface area contributed by atoms with Crippen molar-refractivity contribution in [3.8, 4) is 22.4 Å². The van der Waals surface area contributed by atoms with Crippen LogP contribution in [0.3, 0.4) is 0 Å². The molecule has 6 aromatic rings. The van der Waals surface area contributed by atoms with Crippen molar-refractivity contribution in [3.05, 3.63) is 125 Å². The third-order valence-electron chi connectivity index (χ3n) is 11.0. The Labute approximate surface area is 338 Å². The van der Waals surface area contributed by atoms with E-state index >= 15 is 0 Å². The average molecular weight is 785 g/mol. The standard InChI is InChI=1S/C45H52N8O5/c1-6-52-40-20-19-33(32-16-10-15-31(23-32)24-38(43(54)55)48-44(56)58-28-30-13-8-7-9-14-30)25-35(40)36(42(52)34-17-11-21-46-41(34)29(2)57-5)26-45(3,4)53-27-39(50-51-53)37-18-12-22-47-49-37/h7-11,13-17,19-21,23,25,27,29,37-38,47,49H,6,12,18,22,24,26,28H2,1-5H3,(H,48,56)(H,54,55)/t29-,37?,38?/m0/s1. The molecular weight excluding hydrogens is 733 g/mol. The second-order valence-corrected chi connectivity index (χ2v) is 15.5. The van der Waals surface area contributed by atoms with Gasteiger partial charge in [0, 0.05) is 49.3 Å². The number of fused-ring (bicyclic) bond motifs is 1. The molecule has 13 heteroatoms. The monoisotopic (exact) mass is 784 g/mol. The van der Waals surface area contributed by atoms with Gasteiger partial charge in [0.1, 0.15) is 18.3 Å². The van der Waals surface area contributed by atoms with Crippen LogP contribution >= 0.6 is 0 Å². The number of amides is 1. The number of carboxylic acid groups (broad SMARTS) is 1. The Morgan fingerprint density at radius 1 is 1.02 bits per heavy atom. The summed E-state index contributed by atoms with van der Waals surface area (Å²) in [5.74, 6) is -1.15. The number of aliphatic carboxylic acids is 1. The molecule has 4 N–H and O–H groups in total. The SMILES string of the molecule is CCn1c(-c2cccnc2[C@H](C)OC)c(CC(C)(C)n2cc(C3CCCNN3)nn2)c2cc(-c3cccc(CC(NC(=O)OCc4ccccc4)C(=O)O)c3)ccc21. The number of alkyl carbamates (subject to hydrolysis) is 1. The van der Waals surface area contributed by atoms with Gasteiger partial charge in [0.15, 0.2) is 0 Å². The number of ether oxygens (including phenoxy) is 2. The van der Waals surface area contributed by atoms with E-state index in [2.05, 4.69) is 82.3 Å². The van der Waals surface area contributed by atoms with Crippen molar-refractivity contribution in [2.75, 3.05) is 13.7 Å². The molecule has 2 unspecified atom stereocenters. The maximum Gasteiger partial charge on any atom is 0.408 e. The van der Waals surface area contributed by atoms with E-state index in [0.29, 0.717) is 6.42 Å². The number of rotatable bonds is 15. The Bertz CT molecular complexity index is 2370. The second-order valence-electron chi connectivity index (χ2n) is 15.5. The summed E-state index contributed by atoms with van der Waals surface area (Å²) in [7, 11) is 1.70. The molecule has 1 aliphatic rings. The first-order valence-electron chi connectivity index (χ1n) is 19.9. The fourth-order valence-electron chi connectivity index (χ4n) is 7.82. The van der Waals surface area contributed by atoms with Gasteiger partial charge in [-0.25, -0.2) is 19.7 Å². The Kier molecular flexibility index (Phi) is 12.3. The quantitative estimate of drug-likeness (QED) is 0.0822. The van der Waals surface area contributed by atoms with E-state index in [1.165, 1.54) is 0 Å². The molecule has 1 amide bonds. The van der Waals surface area contributed by atoms with Crippen molar-refractivity contribution in [1.82, 2.24) is 40.7 Å². The molecule has 0 radical (unpaired) electrons. The smallest absolute Gasteiger partial charge is 0.408 e. The van der Waals surface area contributed by atoms with Crippen LogP contribution in [0.5, 0.6) is 0 Å². The first-order chi connectivity index (χ1) is 28.1. The molecule has 1 fully saturated rings. The molecule has 3 aromatic carbocycles. The molecule has 3 atom stereocenters. The van der Waals surface area contributed by atoms with Gasteiger partial charge in [-0.2, -0.15) is 0 Å². The van der Waals surface area contributed by atoms with E-state index in [9.17, 15) is 14.7 Å². The minimum absolute atomic E-state index is 0.0423. The number of methoxy groups -OCH3 is 1. The molecule has 0 spiro atoms. The molecule has 0 bridgehead atoms. The molecule has 13 nitrogen and oxygen atoms in total. The van der Waals surface area contributed by atoms with Crippen molar-refractivity contribution >= 4 is 23.0 Å². The number of nitrogens with one attached hydrogen (secondary N) is 3. The number of aryl methyl sites for hydroxylation is 1. The minimum Gasteiger partial charge on any atom is -0.480 e. The maximum atomic E-state index is 12.6. The number of carbonyl (C=O) groups excluding carboxylic acids is 1. The van der Waals surface area contributed by atoms with E-state index in [-0.39, 0.29) is 25.2 Å². The minimum atomic E-state index is -1.18. The van der Waals surface area contributed by atoms with Gasteiger partial charge in [-0.15, -0.1) is 5.10 Å². The molecule has 1 saturated heterocycles. The van der Waals surface area contributed by atoms with E-state index < -0.39 is 23.6 Å². The van der Waals surface area contributed by atoms with E-state index in [1.807, 2.05) is 78.5 Å². The zero-order valence-electron chi connectivity index (χ0n) is 33.7. The number of pyridine rings is 1. The van der Waals surface area contributed by atoms with Crippen molar-refractivity contribution in [3.63, 3.8) is 0 Å². The van der Waals surface area contributed by atoms with Crippen LogP contribution < -0.4 is 16.2 Å². The predicted octanol–water partition coefficient (Wildman–Crippen LogP) is 7.52. The normalized spacial score (nSPS) is 15.6. The number of hydrogen-bond donors (Lipinski definition) is 4. The van der Waals surface area contributed by atoms with Gasteiger partial charge in [-0.3, -0.25) is 10.4 Å². The van der Waals surface area contributed by atoms with Crippen LogP contribution in [0.25, 0.3) is 33.3 Å². The summed E-state index contributed by atoms with van der Waals surface area (Å²) >= 11 is 0. The molecule has 58 heavy (non-hydrogen) atoms. The Balaban J connectivity index is 1.25. The number of carbonyl (C=O) groups is 2. The topological polar surface area (TPSA) is 157 Å². The zero-order chi connectivity index (χ0) is 40.8. The lowest BCUT2D eigenvalue weighted by molar-refractivity contribution is -0.139. The molecule has 0 aliphatic carbocycles. The predicted molar refractivity (Wildman–Crippen MR) is 223 cm³/mol. The Morgan fingerprint density at radius 2 is 1.81 bits per heavy atom. The number of benzene rings is 3. The van der Waals surface area contributed by atoms with Gasteiger partial charge in [-0.1, -0.05) is 65.9 Å². The lowest BCUT2D eigenvalue weighted by Crippen LogP contribution is -2.42. The van der Waals surface area contributed by atoms with Crippen molar-refractivity contribution in [2.24, 2.45) is 0 Å². The fraction of sp³-hybridized carbons (Fsp3) is 0.356. The highest BCUT2D eigenvalue weighted by atomic mass is 16.5. The van der Waals surface area contributed by atoms with Gasteiger partial charge in [0.05, 0.1) is 35.3 Å². The molecule has 7 rings (SSSR count). The first-order valence-corrected chi connectivity index (χ1v) is 19.9. The van der Waals surface area contributed by atoms with Gasteiger partial charge >= 0.3 is 12.1 Å². The summed E-state index contributed by atoms with van der Waals surface area (Å²) in [5.41, 5.74) is 15.7. The van der Waals surface area contributed by atoms with Crippen LogP contribution in [0.15, 0.2) is 97.3 Å². The highest BCUT2D eigenvalue weighted by Gasteiger charge is 2.31. The van der Waals surface area contributed by atoms with E-state index in [0.717, 1.165) is 87.3 Å². The third kappa shape index (κ3) is 8.81. The zero-order valence-corrected chi connectivity index (χ0v) is 33.7. The largest absolute Gasteiger partial charge is 0.480 e. The molecule has 1 aliphatic heterocycles. The van der Waals surface area contributed by atoms with Crippen molar-refractivity contribution in [1.29, 1.82) is 0 Å². The van der Waals surface area contributed by atoms with Gasteiger partial charge in [0.2, 0.25) is 0 Å². The summed E-state index contributed by atoms with van der Waals surface area (Å²) in [4.78, 5) is 29.8. The number of nitrogens with zero attached hydrogens (tertiary/aromatic N) is 5. The lowest BCUT2D eigenvalue weighted by Gasteiger charge is -2.26. The molecule has 4 heterocycles. The summed E-state index contributed by atoms with van der Waals surface area (Å²) < 4.78 is 15.5. The Morgan fingerprint density at radius 3 is 2.55 bits per heavy atom. The van der Waals surface area contributed by atoms with Crippen LogP contribution in [0, 0.1) is 0 Å². The molecule has 3 aromatic heterocycles. The molecule has 302 valence electrons. The van der Waals surface area contributed by atoms with E-state index in [1.54, 1.807) is 7.11 Å². The van der Waals surface area contributed by atoms with Gasteiger partial charge < -0.3 is 24.5 Å². The van der Waals surface area contributed by atoms with Crippen molar-refractivity contribution in [2.45, 2.75) is 90.3 Å². The summed E-state index contributed by atoms with van der Waals surface area (Å²) in [5, 5.41) is 23.0. The van der Waals surface area contributed by atoms with Crippen LogP contribution in [0.4, 0.5) is 4.79 Å². The van der Waals surface area contributed by atoms with Crippen LogP contribution in [0.2, 0.25) is 0 Å². The second kappa shape index (κ2) is 17.7.